The Labute approximate surface area is 340 Å². The molecule has 59 heavy (non-hydrogen) atoms. The number of carbonyl (C=O) groups excluding carboxylic acids is 5. The lowest BCUT2D eigenvalue weighted by atomic mass is 9.97. The van der Waals surface area contributed by atoms with Crippen LogP contribution in [0, 0.1) is 11.6 Å². The molecule has 0 saturated carbocycles. The highest BCUT2D eigenvalue weighted by Gasteiger charge is 2.45. The van der Waals surface area contributed by atoms with Crippen molar-refractivity contribution in [2.45, 2.75) is 68.4 Å². The Bertz CT molecular complexity index is 2190. The predicted octanol–water partition coefficient (Wildman–Crippen LogP) is 3.91. The van der Waals surface area contributed by atoms with Crippen LogP contribution >= 0.6 is 19.9 Å². The predicted molar refractivity (Wildman–Crippen MR) is 208 cm³/mol. The molecule has 314 valence electrons. The van der Waals surface area contributed by atoms with E-state index in [0.29, 0.717) is 24.1 Å². The van der Waals surface area contributed by atoms with Gasteiger partial charge in [0.1, 0.15) is 29.8 Å². The molecule has 2 aliphatic heterocycles. The number of halogens is 4. The Morgan fingerprint density at radius 3 is 2.27 bits per heavy atom. The number of carbonyl (C=O) groups is 5. The van der Waals surface area contributed by atoms with Crippen LogP contribution in [0.25, 0.3) is 10.1 Å². The molecule has 3 heterocycles. The molecule has 0 spiro atoms. The molecular weight excluding hydrogens is 819 g/mol. The Kier molecular flexibility index (Phi) is 13.6. The number of nitrogens with two attached hydrogens (primary N) is 1. The Hall–Kier alpha value is -5.04. The van der Waals surface area contributed by atoms with Gasteiger partial charge < -0.3 is 41.3 Å². The fourth-order valence-electron chi connectivity index (χ4n) is 7.41. The van der Waals surface area contributed by atoms with Crippen LogP contribution in [0.2, 0.25) is 0 Å². The van der Waals surface area contributed by atoms with Crippen LogP contribution in [0.4, 0.5) is 17.6 Å². The maximum Gasteiger partial charge on any atom is 0.389 e. The fraction of sp³-hybridized carbons (Fsp3) is 0.359. The number of rotatable bonds is 14. The summed E-state index contributed by atoms with van der Waals surface area (Å²) in [5.74, 6) is -4.68. The number of thiophene rings is 1. The number of primary amides is 1. The first-order valence-electron chi connectivity index (χ1n) is 18.5. The summed E-state index contributed by atoms with van der Waals surface area (Å²) in [6, 6.07) is 10.4. The molecule has 4 atom stereocenters. The molecule has 1 aromatic heterocycles. The molecule has 0 unspecified atom stereocenters. The van der Waals surface area contributed by atoms with Gasteiger partial charge >= 0.3 is 14.7 Å². The van der Waals surface area contributed by atoms with Gasteiger partial charge in [-0.3, -0.25) is 24.0 Å². The number of alkyl halides is 2. The lowest BCUT2D eigenvalue weighted by Crippen LogP contribution is -2.61. The molecule has 14 nitrogen and oxygen atoms in total. The molecule has 6 rings (SSSR count). The van der Waals surface area contributed by atoms with Gasteiger partial charge in [-0.15, -0.1) is 11.3 Å². The molecule has 0 radical (unpaired) electrons. The Morgan fingerprint density at radius 1 is 0.966 bits per heavy atom. The van der Waals surface area contributed by atoms with E-state index in [-0.39, 0.29) is 47.2 Å². The maximum absolute atomic E-state index is 14.4. The van der Waals surface area contributed by atoms with Crippen LogP contribution in [0.1, 0.15) is 64.5 Å². The van der Waals surface area contributed by atoms with Crippen LogP contribution in [0.3, 0.4) is 0 Å². The van der Waals surface area contributed by atoms with Crippen molar-refractivity contribution in [1.29, 1.82) is 0 Å². The van der Waals surface area contributed by atoms with E-state index in [1.165, 1.54) is 65.6 Å². The van der Waals surface area contributed by atoms with E-state index in [1.54, 1.807) is 7.05 Å². The zero-order valence-corrected chi connectivity index (χ0v) is 33.2. The molecule has 0 aliphatic carbocycles. The van der Waals surface area contributed by atoms with E-state index in [9.17, 15) is 41.5 Å². The van der Waals surface area contributed by atoms with Crippen molar-refractivity contribution in [3.63, 3.8) is 0 Å². The summed E-state index contributed by atoms with van der Waals surface area (Å²) >= 11 is 0.979. The summed E-state index contributed by atoms with van der Waals surface area (Å²) in [5.41, 5.74) is 5.30. The van der Waals surface area contributed by atoms with E-state index >= 15 is 0 Å². The maximum atomic E-state index is 14.4. The molecule has 7 N–H and O–H groups in total. The van der Waals surface area contributed by atoms with Crippen molar-refractivity contribution in [3.8, 4) is 0 Å². The van der Waals surface area contributed by atoms with Gasteiger partial charge in [-0.2, -0.15) is 8.78 Å². The van der Waals surface area contributed by atoms with E-state index in [1.807, 2.05) is 4.90 Å². The first-order chi connectivity index (χ1) is 28.0. The summed E-state index contributed by atoms with van der Waals surface area (Å²) in [6.07, 6.45) is -3.40. The average molecular weight is 861 g/mol. The quantitative estimate of drug-likeness (QED) is 0.0803. The number of likely N-dealkylation sites (N-methyl/N-ethyl adjacent to an activating group) is 1. The standard InChI is InChI=1S/C39H41F4N6O8PS/c1-48-15-14-27-9-11-30(49(27)38(54)29(20-48)46-37(53)32-19-23-16-24(8-12-31(23)59-32)39(42,43)57-58(55)56)36(52)45-28(10-13-33(44)50)35(51)47-34(21-4-2-6-25(40)17-21)22-5-3-7-26(41)18-22/h2-8,12,16-19,27-30,34,55-56H,9-11,13-15,20H2,1H3,(H2,44,50)(H,45,52)(H,46,53)(H,47,51)/t27-,28+,29+,30+/m1/s1. The smallest absolute Gasteiger partial charge is 0.370 e. The van der Waals surface area contributed by atoms with E-state index in [0.717, 1.165) is 23.5 Å². The van der Waals surface area contributed by atoms with Crippen LogP contribution in [0.5, 0.6) is 0 Å². The summed E-state index contributed by atoms with van der Waals surface area (Å²) < 4.78 is 61.9. The van der Waals surface area contributed by atoms with Crippen LogP contribution < -0.4 is 21.7 Å². The van der Waals surface area contributed by atoms with Crippen molar-refractivity contribution in [1.82, 2.24) is 25.8 Å². The SMILES string of the molecule is CN1CC[C@H]2CC[C@@H](C(=O)N[C@@H](CCC(N)=O)C(=O)NC(c3cccc(F)c3)c3cccc(F)c3)N2C(=O)[C@@H](NC(=O)c2cc3cc(C(F)(F)OP(O)O)ccc3s2)C1. The summed E-state index contributed by atoms with van der Waals surface area (Å²) in [4.78, 5) is 89.1. The summed E-state index contributed by atoms with van der Waals surface area (Å²) in [7, 11) is -1.58. The van der Waals surface area contributed by atoms with Crippen LogP contribution in [-0.2, 0) is 29.8 Å². The number of hydrogen-bond donors (Lipinski definition) is 6. The minimum absolute atomic E-state index is 0.0667. The third-order valence-electron chi connectivity index (χ3n) is 10.2. The van der Waals surface area contributed by atoms with Crippen molar-refractivity contribution in [2.24, 2.45) is 5.73 Å². The van der Waals surface area contributed by atoms with Gasteiger partial charge in [0, 0.05) is 23.7 Å². The van der Waals surface area contributed by atoms with E-state index < -0.39 is 91.7 Å². The second-order valence-corrected chi connectivity index (χ2v) is 16.2. The highest BCUT2D eigenvalue weighted by molar-refractivity contribution is 7.39. The van der Waals surface area contributed by atoms with Crippen LogP contribution in [-0.4, -0.2) is 93.4 Å². The molecule has 4 aromatic rings. The lowest BCUT2D eigenvalue weighted by Gasteiger charge is -2.38. The third kappa shape index (κ3) is 10.6. The van der Waals surface area contributed by atoms with Crippen molar-refractivity contribution in [2.75, 3.05) is 20.1 Å². The molecule has 2 aliphatic rings. The zero-order valence-electron chi connectivity index (χ0n) is 31.4. The van der Waals surface area contributed by atoms with Gasteiger partial charge in [-0.05, 0) is 104 Å². The van der Waals surface area contributed by atoms with Gasteiger partial charge in [-0.25, -0.2) is 13.3 Å². The minimum Gasteiger partial charge on any atom is -0.370 e. The molecule has 5 amide bonds. The van der Waals surface area contributed by atoms with Crippen molar-refractivity contribution < 1.29 is 55.8 Å². The second-order valence-electron chi connectivity index (χ2n) is 14.4. The lowest BCUT2D eigenvalue weighted by molar-refractivity contribution is -0.189. The Morgan fingerprint density at radius 2 is 1.64 bits per heavy atom. The van der Waals surface area contributed by atoms with Gasteiger partial charge in [0.25, 0.3) is 5.91 Å². The number of amides is 5. The molecule has 0 bridgehead atoms. The molecular formula is C39H41F4N6O8PS. The number of nitrogens with zero attached hydrogens (tertiary/aromatic N) is 2. The molecule has 2 fully saturated rings. The van der Waals surface area contributed by atoms with Crippen molar-refractivity contribution >= 4 is 59.6 Å². The highest BCUT2D eigenvalue weighted by atomic mass is 32.1. The number of fused-ring (bicyclic) bond motifs is 2. The Balaban J connectivity index is 1.21. The monoisotopic (exact) mass is 860 g/mol. The number of hydrogen-bond acceptors (Lipinski definition) is 10. The normalized spacial score (nSPS) is 19.3. The summed E-state index contributed by atoms with van der Waals surface area (Å²) in [6.45, 7) is 0.573. The van der Waals surface area contributed by atoms with Gasteiger partial charge in [0.05, 0.1) is 16.5 Å². The number of nitrogens with one attached hydrogen (secondary N) is 3. The highest BCUT2D eigenvalue weighted by Crippen LogP contribution is 2.42. The van der Waals surface area contributed by atoms with E-state index in [2.05, 4.69) is 20.5 Å². The first-order valence-corrected chi connectivity index (χ1v) is 20.5. The second kappa shape index (κ2) is 18.5. The third-order valence-corrected chi connectivity index (χ3v) is 11.7. The van der Waals surface area contributed by atoms with Crippen molar-refractivity contribution in [3.05, 3.63) is 106 Å². The minimum atomic E-state index is -4.02. The zero-order chi connectivity index (χ0) is 42.6. The van der Waals surface area contributed by atoms with Gasteiger partial charge in [0.2, 0.25) is 23.6 Å². The first kappa shape index (κ1) is 43.5. The average Bonchev–Trinajstić information content (AvgIpc) is 3.80. The topological polar surface area (TPSA) is 204 Å². The number of benzene rings is 3. The summed E-state index contributed by atoms with van der Waals surface area (Å²) in [5, 5.41) is 8.41. The van der Waals surface area contributed by atoms with E-state index in [4.69, 9.17) is 15.5 Å². The molecule has 2 saturated heterocycles. The van der Waals surface area contributed by atoms with Crippen LogP contribution in [0.15, 0.2) is 72.8 Å². The van der Waals surface area contributed by atoms with Gasteiger partial charge in [-0.1, -0.05) is 24.3 Å². The molecule has 3 aromatic carbocycles. The van der Waals surface area contributed by atoms with Gasteiger partial charge in [0.15, 0.2) is 0 Å². The largest absolute Gasteiger partial charge is 0.389 e. The molecule has 20 heteroatoms. The fourth-order valence-corrected chi connectivity index (χ4v) is 8.67.